The summed E-state index contributed by atoms with van der Waals surface area (Å²) in [5.74, 6) is -0.164. The molecule has 0 unspecified atom stereocenters. The van der Waals surface area contributed by atoms with Gasteiger partial charge in [0.2, 0.25) is 0 Å². The summed E-state index contributed by atoms with van der Waals surface area (Å²) in [5.41, 5.74) is 5.71. The third kappa shape index (κ3) is 3.55. The van der Waals surface area contributed by atoms with Crippen molar-refractivity contribution < 1.29 is 9.63 Å². The second kappa shape index (κ2) is 7.96. The van der Waals surface area contributed by atoms with Crippen LogP contribution in [0, 0.1) is 0 Å². The highest BCUT2D eigenvalue weighted by molar-refractivity contribution is 8.00. The molecule has 1 aliphatic carbocycles. The maximum atomic E-state index is 12.5. The van der Waals surface area contributed by atoms with Gasteiger partial charge in [0.05, 0.1) is 21.0 Å². The van der Waals surface area contributed by atoms with Gasteiger partial charge in [0.1, 0.15) is 7.11 Å². The highest BCUT2D eigenvalue weighted by atomic mass is 32.2. The molecule has 0 saturated heterocycles. The Morgan fingerprint density at radius 1 is 1.46 bits per heavy atom. The van der Waals surface area contributed by atoms with Gasteiger partial charge in [-0.1, -0.05) is 11.2 Å². The van der Waals surface area contributed by atoms with Crippen LogP contribution >= 0.6 is 34.4 Å². The van der Waals surface area contributed by atoms with Crippen LogP contribution in [0.5, 0.6) is 0 Å². The molecule has 1 amide bonds. The van der Waals surface area contributed by atoms with Gasteiger partial charge in [-0.2, -0.15) is 5.10 Å². The van der Waals surface area contributed by atoms with E-state index < -0.39 is 0 Å². The van der Waals surface area contributed by atoms with E-state index in [1.165, 1.54) is 11.3 Å². The molecule has 5 nitrogen and oxygen atoms in total. The average molecular weight is 380 g/mol. The van der Waals surface area contributed by atoms with Crippen molar-refractivity contribution in [2.45, 2.75) is 23.5 Å². The molecule has 2 aromatic heterocycles. The van der Waals surface area contributed by atoms with E-state index in [2.05, 4.69) is 15.7 Å². The van der Waals surface area contributed by atoms with Crippen molar-refractivity contribution in [3.05, 3.63) is 38.4 Å². The van der Waals surface area contributed by atoms with Crippen LogP contribution in [0.3, 0.4) is 0 Å². The highest BCUT2D eigenvalue weighted by Crippen LogP contribution is 2.39. The second-order valence-electron chi connectivity index (χ2n) is 5.06. The van der Waals surface area contributed by atoms with Gasteiger partial charge >= 0.3 is 0 Å². The Morgan fingerprint density at radius 2 is 2.33 bits per heavy atom. The van der Waals surface area contributed by atoms with Crippen LogP contribution in [0.25, 0.3) is 0 Å². The average Bonchev–Trinajstić information content (AvgIpc) is 3.23. The van der Waals surface area contributed by atoms with Crippen LogP contribution in [0.4, 0.5) is 0 Å². The van der Waals surface area contributed by atoms with E-state index in [4.69, 9.17) is 4.84 Å². The Kier molecular flexibility index (Phi) is 5.70. The predicted octanol–water partition coefficient (Wildman–Crippen LogP) is 3.98. The van der Waals surface area contributed by atoms with E-state index in [-0.39, 0.29) is 5.91 Å². The lowest BCUT2D eigenvalue weighted by Gasteiger charge is -2.15. The summed E-state index contributed by atoms with van der Waals surface area (Å²) in [4.78, 5) is 19.2. The van der Waals surface area contributed by atoms with Crippen molar-refractivity contribution in [2.75, 3.05) is 13.4 Å². The molecule has 2 aromatic rings. The normalized spacial score (nSPS) is 15.7. The lowest BCUT2D eigenvalue weighted by molar-refractivity contribution is 0.0958. The molecule has 0 saturated carbocycles. The Morgan fingerprint density at radius 3 is 3.04 bits per heavy atom. The summed E-state index contributed by atoms with van der Waals surface area (Å²) in [6.45, 7) is 0. The molecular formula is C16H17N3O2S3. The summed E-state index contributed by atoms with van der Waals surface area (Å²) in [5, 5.41) is 10.2. The Hall–Kier alpha value is -1.64. The molecule has 3 rings (SSSR count). The van der Waals surface area contributed by atoms with Crippen molar-refractivity contribution >= 4 is 52.3 Å². The van der Waals surface area contributed by atoms with Crippen LogP contribution in [0.15, 0.2) is 32.0 Å². The van der Waals surface area contributed by atoms with Gasteiger partial charge in [0.15, 0.2) is 0 Å². The zero-order valence-electron chi connectivity index (χ0n) is 13.4. The number of thioether (sulfide) groups is 1. The fraction of sp³-hybridized carbons (Fsp3) is 0.312. The number of fused-ring (bicyclic) bond motifs is 1. The summed E-state index contributed by atoms with van der Waals surface area (Å²) in [6.07, 6.45) is 6.41. The lowest BCUT2D eigenvalue weighted by atomic mass is 9.92. The Balaban J connectivity index is 1.86. The van der Waals surface area contributed by atoms with Gasteiger partial charge in [0.25, 0.3) is 5.91 Å². The van der Waals surface area contributed by atoms with Gasteiger partial charge in [-0.25, -0.2) is 5.43 Å². The van der Waals surface area contributed by atoms with Crippen LogP contribution in [-0.2, 0) is 11.3 Å². The molecule has 0 bridgehead atoms. The molecule has 24 heavy (non-hydrogen) atoms. The summed E-state index contributed by atoms with van der Waals surface area (Å²) >= 11 is 4.72. The zero-order chi connectivity index (χ0) is 16.9. The highest BCUT2D eigenvalue weighted by Gasteiger charge is 2.28. The molecule has 1 N–H and O–H groups in total. The maximum absolute atomic E-state index is 12.5. The summed E-state index contributed by atoms with van der Waals surface area (Å²) in [7, 11) is 1.55. The van der Waals surface area contributed by atoms with Crippen LogP contribution in [0.2, 0.25) is 0 Å². The van der Waals surface area contributed by atoms with Crippen molar-refractivity contribution in [3.63, 3.8) is 0 Å². The first-order valence-corrected chi connectivity index (χ1v) is 10.3. The molecule has 0 spiro atoms. The second-order valence-corrected chi connectivity index (χ2v) is 8.14. The van der Waals surface area contributed by atoms with Gasteiger partial charge in [0, 0.05) is 10.4 Å². The number of carbonyl (C=O) groups is 1. The molecule has 8 heteroatoms. The number of nitrogens with one attached hydrogen (secondary N) is 1. The Labute approximate surface area is 152 Å². The minimum absolute atomic E-state index is 0.164. The quantitative estimate of drug-likeness (QED) is 0.485. The lowest BCUT2D eigenvalue weighted by Crippen LogP contribution is -2.20. The van der Waals surface area contributed by atoms with E-state index in [0.29, 0.717) is 0 Å². The summed E-state index contributed by atoms with van der Waals surface area (Å²) in [6, 6.07) is 3.90. The molecule has 0 aromatic carbocycles. The standard InChI is InChI=1S/C16H17N3O2S3/c1-21-19-12-7-3-6-11-13(12)16(22-2)24-14(11)15(20)18-17-9-10-5-4-8-23-10/h4-5,8-9H,3,6-7H2,1-2H3,(H,18,20). The number of rotatable bonds is 5. The Bertz CT molecular complexity index is 779. The molecule has 126 valence electrons. The van der Waals surface area contributed by atoms with Crippen molar-refractivity contribution in [3.8, 4) is 0 Å². The van der Waals surface area contributed by atoms with Crippen LogP contribution < -0.4 is 5.43 Å². The fourth-order valence-electron chi connectivity index (χ4n) is 2.63. The van der Waals surface area contributed by atoms with Gasteiger partial charge < -0.3 is 4.84 Å². The van der Waals surface area contributed by atoms with E-state index in [9.17, 15) is 4.79 Å². The van der Waals surface area contributed by atoms with Crippen LogP contribution in [0.1, 0.15) is 38.5 Å². The number of carbonyl (C=O) groups excluding carboxylic acids is 1. The number of thiophene rings is 2. The van der Waals surface area contributed by atoms with E-state index in [1.54, 1.807) is 36.4 Å². The number of hydrogen-bond acceptors (Lipinski definition) is 7. The van der Waals surface area contributed by atoms with Crippen molar-refractivity contribution in [1.82, 2.24) is 5.43 Å². The fourth-order valence-corrected chi connectivity index (χ4v) is 5.24. The molecule has 1 aliphatic rings. The minimum Gasteiger partial charge on any atom is -0.399 e. The SMILES string of the molecule is CON=C1CCCc2c(C(=O)NN=Cc3cccs3)sc(SC)c21. The largest absolute Gasteiger partial charge is 0.399 e. The van der Waals surface area contributed by atoms with Gasteiger partial charge in [-0.05, 0) is 42.5 Å². The molecule has 0 radical (unpaired) electrons. The van der Waals surface area contributed by atoms with Crippen LogP contribution in [-0.4, -0.2) is 31.2 Å². The number of nitrogens with zero attached hydrogens (tertiary/aromatic N) is 2. The first-order valence-electron chi connectivity index (χ1n) is 7.41. The smallest absolute Gasteiger partial charge is 0.281 e. The van der Waals surface area contributed by atoms with Crippen molar-refractivity contribution in [1.29, 1.82) is 0 Å². The number of oxime groups is 1. The molecule has 0 fully saturated rings. The van der Waals surface area contributed by atoms with E-state index in [0.717, 1.165) is 50.1 Å². The van der Waals surface area contributed by atoms with E-state index in [1.807, 2.05) is 23.8 Å². The van der Waals surface area contributed by atoms with E-state index >= 15 is 0 Å². The number of amides is 1. The number of hydrogen-bond donors (Lipinski definition) is 1. The third-order valence-corrected chi connectivity index (χ3v) is 6.76. The first-order chi connectivity index (χ1) is 11.7. The maximum Gasteiger partial charge on any atom is 0.281 e. The molecular weight excluding hydrogens is 362 g/mol. The molecule has 0 aliphatic heterocycles. The monoisotopic (exact) mass is 379 g/mol. The van der Waals surface area contributed by atoms with Crippen molar-refractivity contribution in [2.24, 2.45) is 10.3 Å². The molecule has 2 heterocycles. The minimum atomic E-state index is -0.164. The molecule has 0 atom stereocenters. The predicted molar refractivity (Wildman–Crippen MR) is 102 cm³/mol. The first kappa shape index (κ1) is 17.2. The topological polar surface area (TPSA) is 63.0 Å². The number of hydrazone groups is 1. The summed E-state index contributed by atoms with van der Waals surface area (Å²) < 4.78 is 1.10. The third-order valence-electron chi connectivity index (χ3n) is 3.60. The van der Waals surface area contributed by atoms with Gasteiger partial charge in [-0.3, -0.25) is 4.79 Å². The van der Waals surface area contributed by atoms with Gasteiger partial charge in [-0.15, -0.1) is 34.4 Å². The zero-order valence-corrected chi connectivity index (χ0v) is 15.8.